The van der Waals surface area contributed by atoms with Gasteiger partial charge in [0.1, 0.15) is 0 Å². The number of halogens is 1. The largest absolute Gasteiger partial charge is 0.462 e. The summed E-state index contributed by atoms with van der Waals surface area (Å²) in [7, 11) is 1.23. The second-order valence-corrected chi connectivity index (χ2v) is 3.24. The molecule has 7 heteroatoms. The number of hydrogen-bond donors (Lipinski definition) is 0. The zero-order valence-corrected chi connectivity index (χ0v) is 8.93. The third-order valence-corrected chi connectivity index (χ3v) is 1.96. The summed E-state index contributed by atoms with van der Waals surface area (Å²) >= 11 is 5.75. The fourth-order valence-electron chi connectivity index (χ4n) is 1.05. The van der Waals surface area contributed by atoms with Crippen LogP contribution in [0.5, 0.6) is 0 Å². The lowest BCUT2D eigenvalue weighted by molar-refractivity contribution is 0.0545. The minimum atomic E-state index is -0.686. The normalized spacial score (nSPS) is 10.1. The van der Waals surface area contributed by atoms with E-state index in [1.165, 1.54) is 19.5 Å². The first-order valence-electron chi connectivity index (χ1n) is 4.23. The number of carbonyl (C=O) groups is 1. The zero-order chi connectivity index (χ0) is 11.5. The van der Waals surface area contributed by atoms with Crippen LogP contribution in [0.25, 0.3) is 11.4 Å². The number of ether oxygens (including phenoxy) is 1. The average Bonchev–Trinajstić information content (AvgIpc) is 2.77. The second-order valence-electron chi connectivity index (χ2n) is 2.81. The molecule has 0 fully saturated rings. The van der Waals surface area contributed by atoms with E-state index in [1.54, 1.807) is 6.07 Å². The van der Waals surface area contributed by atoms with Crippen molar-refractivity contribution in [2.24, 2.45) is 0 Å². The lowest BCUT2D eigenvalue weighted by Crippen LogP contribution is -2.00. The lowest BCUT2D eigenvalue weighted by Gasteiger charge is -1.92. The van der Waals surface area contributed by atoms with Crippen molar-refractivity contribution in [2.75, 3.05) is 7.11 Å². The van der Waals surface area contributed by atoms with Gasteiger partial charge in [-0.05, 0) is 6.07 Å². The summed E-state index contributed by atoms with van der Waals surface area (Å²) in [6, 6.07) is 1.61. The van der Waals surface area contributed by atoms with Crippen molar-refractivity contribution >= 4 is 17.6 Å². The van der Waals surface area contributed by atoms with Gasteiger partial charge in [0.25, 0.3) is 0 Å². The quantitative estimate of drug-likeness (QED) is 0.741. The van der Waals surface area contributed by atoms with Crippen molar-refractivity contribution in [1.82, 2.24) is 15.1 Å². The third kappa shape index (κ3) is 2.01. The van der Waals surface area contributed by atoms with Gasteiger partial charge in [-0.3, -0.25) is 4.98 Å². The molecule has 0 spiro atoms. The van der Waals surface area contributed by atoms with E-state index < -0.39 is 5.97 Å². The first kappa shape index (κ1) is 10.6. The van der Waals surface area contributed by atoms with Crippen LogP contribution in [0.1, 0.15) is 10.7 Å². The van der Waals surface area contributed by atoms with Crippen molar-refractivity contribution in [3.05, 3.63) is 29.4 Å². The van der Waals surface area contributed by atoms with Crippen LogP contribution >= 0.6 is 11.6 Å². The Labute approximate surface area is 95.2 Å². The van der Waals surface area contributed by atoms with Gasteiger partial charge in [-0.25, -0.2) is 4.79 Å². The Kier molecular flexibility index (Phi) is 2.82. The molecule has 6 nitrogen and oxygen atoms in total. The van der Waals surface area contributed by atoms with E-state index in [9.17, 15) is 4.79 Å². The van der Waals surface area contributed by atoms with Gasteiger partial charge in [-0.1, -0.05) is 16.8 Å². The molecule has 0 aromatic carbocycles. The van der Waals surface area contributed by atoms with Crippen LogP contribution < -0.4 is 0 Å². The van der Waals surface area contributed by atoms with E-state index in [0.29, 0.717) is 10.6 Å². The minimum Gasteiger partial charge on any atom is -0.462 e. The summed E-state index contributed by atoms with van der Waals surface area (Å²) in [5.74, 6) is -0.665. The third-order valence-electron chi connectivity index (χ3n) is 1.75. The summed E-state index contributed by atoms with van der Waals surface area (Å²) in [5.41, 5.74) is 0.561. The fraction of sp³-hybridized carbons (Fsp3) is 0.111. The van der Waals surface area contributed by atoms with Gasteiger partial charge in [0.15, 0.2) is 0 Å². The van der Waals surface area contributed by atoms with Crippen molar-refractivity contribution in [3.63, 3.8) is 0 Å². The number of nitrogens with zero attached hydrogens (tertiary/aromatic N) is 3. The highest BCUT2D eigenvalue weighted by Gasteiger charge is 2.16. The molecule has 2 heterocycles. The van der Waals surface area contributed by atoms with Crippen molar-refractivity contribution in [1.29, 1.82) is 0 Å². The van der Waals surface area contributed by atoms with Crippen LogP contribution in [0, 0.1) is 0 Å². The van der Waals surface area contributed by atoms with Gasteiger partial charge < -0.3 is 9.26 Å². The zero-order valence-electron chi connectivity index (χ0n) is 8.18. The van der Waals surface area contributed by atoms with Crippen LogP contribution in [0.4, 0.5) is 0 Å². The summed E-state index contributed by atoms with van der Waals surface area (Å²) < 4.78 is 9.14. The molecule has 0 saturated carbocycles. The fourth-order valence-corrected chi connectivity index (χ4v) is 1.22. The highest BCUT2D eigenvalue weighted by molar-refractivity contribution is 6.30. The van der Waals surface area contributed by atoms with Gasteiger partial charge in [-0.15, -0.1) is 0 Å². The molecule has 0 aliphatic carbocycles. The predicted octanol–water partition coefficient (Wildman–Crippen LogP) is 1.57. The highest BCUT2D eigenvalue weighted by Crippen LogP contribution is 2.18. The Hall–Kier alpha value is -1.95. The van der Waals surface area contributed by atoms with Gasteiger partial charge >= 0.3 is 11.9 Å². The lowest BCUT2D eigenvalue weighted by atomic mass is 10.3. The first-order chi connectivity index (χ1) is 7.70. The molecule has 0 unspecified atom stereocenters. The Morgan fingerprint density at radius 2 is 2.31 bits per heavy atom. The van der Waals surface area contributed by atoms with E-state index in [1.807, 2.05) is 0 Å². The molecule has 0 N–H and O–H groups in total. The monoisotopic (exact) mass is 239 g/mol. The number of hydrogen-bond acceptors (Lipinski definition) is 6. The standard InChI is InChI=1S/C9H6ClN3O3/c1-15-9(14)8-12-7(13-16-8)5-2-6(10)4-11-3-5/h2-4H,1H3. The summed E-state index contributed by atoms with van der Waals surface area (Å²) in [6.45, 7) is 0. The van der Waals surface area contributed by atoms with Gasteiger partial charge in [0.2, 0.25) is 5.82 Å². The van der Waals surface area contributed by atoms with Crippen molar-refractivity contribution in [3.8, 4) is 11.4 Å². The van der Waals surface area contributed by atoms with Crippen molar-refractivity contribution < 1.29 is 14.1 Å². The Bertz CT molecular complexity index is 526. The second kappa shape index (κ2) is 4.28. The van der Waals surface area contributed by atoms with Crippen LogP contribution in [0.2, 0.25) is 5.02 Å². The Morgan fingerprint density at radius 1 is 1.50 bits per heavy atom. The molecular weight excluding hydrogens is 234 g/mol. The first-order valence-corrected chi connectivity index (χ1v) is 4.61. The SMILES string of the molecule is COC(=O)c1nc(-c2cncc(Cl)c2)no1. The van der Waals surface area contributed by atoms with Crippen LogP contribution in [0.15, 0.2) is 23.0 Å². The molecule has 2 aromatic rings. The summed E-state index contributed by atoms with van der Waals surface area (Å²) in [4.78, 5) is 18.8. The molecule has 0 atom stereocenters. The predicted molar refractivity (Wildman–Crippen MR) is 53.9 cm³/mol. The highest BCUT2D eigenvalue weighted by atomic mass is 35.5. The number of methoxy groups -OCH3 is 1. The molecule has 0 aliphatic heterocycles. The van der Waals surface area contributed by atoms with Gasteiger partial charge in [-0.2, -0.15) is 4.98 Å². The number of pyridine rings is 1. The average molecular weight is 240 g/mol. The maximum atomic E-state index is 11.1. The van der Waals surface area contributed by atoms with Gasteiger partial charge in [0.05, 0.1) is 12.1 Å². The maximum absolute atomic E-state index is 11.1. The Morgan fingerprint density at radius 3 is 3.00 bits per heavy atom. The van der Waals surface area contributed by atoms with E-state index in [-0.39, 0.29) is 11.7 Å². The number of esters is 1. The molecule has 0 saturated heterocycles. The van der Waals surface area contributed by atoms with Gasteiger partial charge in [0, 0.05) is 18.0 Å². The molecule has 2 rings (SSSR count). The number of carbonyl (C=O) groups excluding carboxylic acids is 1. The summed E-state index contributed by atoms with van der Waals surface area (Å²) in [6.07, 6.45) is 2.99. The number of rotatable bonds is 2. The van der Waals surface area contributed by atoms with Crippen molar-refractivity contribution in [2.45, 2.75) is 0 Å². The van der Waals surface area contributed by atoms with Crippen LogP contribution in [-0.2, 0) is 4.74 Å². The molecule has 0 aliphatic rings. The summed E-state index contributed by atoms with van der Waals surface area (Å²) in [5, 5.41) is 4.06. The topological polar surface area (TPSA) is 78.1 Å². The maximum Gasteiger partial charge on any atom is 0.397 e. The Balaban J connectivity index is 2.35. The molecule has 0 bridgehead atoms. The molecule has 82 valence electrons. The smallest absolute Gasteiger partial charge is 0.397 e. The molecule has 0 radical (unpaired) electrons. The molecular formula is C9H6ClN3O3. The molecule has 16 heavy (non-hydrogen) atoms. The van der Waals surface area contributed by atoms with E-state index >= 15 is 0 Å². The molecule has 2 aromatic heterocycles. The van der Waals surface area contributed by atoms with Crippen LogP contribution in [-0.4, -0.2) is 28.2 Å². The van der Waals surface area contributed by atoms with E-state index in [0.717, 1.165) is 0 Å². The minimum absolute atomic E-state index is 0.211. The van der Waals surface area contributed by atoms with E-state index in [4.69, 9.17) is 16.1 Å². The number of aromatic nitrogens is 3. The van der Waals surface area contributed by atoms with Crippen LogP contribution in [0.3, 0.4) is 0 Å². The molecule has 0 amide bonds. The van der Waals surface area contributed by atoms with E-state index in [2.05, 4.69) is 19.9 Å².